The molecule has 0 aliphatic carbocycles. The number of likely N-dealkylation sites (N-methyl/N-ethyl adjacent to an activating group) is 1. The zero-order chi connectivity index (χ0) is 16.2. The van der Waals surface area contributed by atoms with E-state index < -0.39 is 0 Å². The summed E-state index contributed by atoms with van der Waals surface area (Å²) in [4.78, 5) is 28.4. The van der Waals surface area contributed by atoms with Crippen LogP contribution >= 0.6 is 0 Å². The number of ether oxygens (including phenoxy) is 2. The van der Waals surface area contributed by atoms with Gasteiger partial charge in [0.2, 0.25) is 12.7 Å². The Bertz CT molecular complexity index is 597. The van der Waals surface area contributed by atoms with E-state index in [2.05, 4.69) is 17.1 Å². The highest BCUT2D eigenvalue weighted by Crippen LogP contribution is 2.32. The fourth-order valence-corrected chi connectivity index (χ4v) is 2.72. The minimum absolute atomic E-state index is 0.0133. The Balaban J connectivity index is 1.50. The summed E-state index contributed by atoms with van der Waals surface area (Å²) >= 11 is 0. The van der Waals surface area contributed by atoms with Crippen LogP contribution < -0.4 is 14.8 Å². The molecule has 1 fully saturated rings. The second kappa shape index (κ2) is 6.87. The minimum Gasteiger partial charge on any atom is -0.454 e. The van der Waals surface area contributed by atoms with Gasteiger partial charge in [0, 0.05) is 31.7 Å². The lowest BCUT2D eigenvalue weighted by atomic mass is 10.2. The predicted molar refractivity (Wildman–Crippen MR) is 83.6 cm³/mol. The Morgan fingerprint density at radius 2 is 1.87 bits per heavy atom. The van der Waals surface area contributed by atoms with Crippen molar-refractivity contribution in [2.45, 2.75) is 6.92 Å². The number of piperazine rings is 1. The summed E-state index contributed by atoms with van der Waals surface area (Å²) in [5, 5.41) is 2.67. The van der Waals surface area contributed by atoms with E-state index in [1.165, 1.54) is 0 Å². The fourth-order valence-electron chi connectivity index (χ4n) is 2.72. The first kappa shape index (κ1) is 15.6. The van der Waals surface area contributed by atoms with Gasteiger partial charge in [-0.15, -0.1) is 0 Å². The van der Waals surface area contributed by atoms with Crippen LogP contribution in [0.15, 0.2) is 18.2 Å². The highest BCUT2D eigenvalue weighted by Gasteiger charge is 2.21. The summed E-state index contributed by atoms with van der Waals surface area (Å²) in [6, 6.07) is 4.98. The van der Waals surface area contributed by atoms with Gasteiger partial charge in [-0.2, -0.15) is 0 Å². The van der Waals surface area contributed by atoms with E-state index in [9.17, 15) is 9.59 Å². The lowest BCUT2D eigenvalue weighted by Crippen LogP contribution is -2.51. The van der Waals surface area contributed by atoms with Gasteiger partial charge in [-0.05, 0) is 24.7 Å². The normalized spacial score (nSPS) is 17.2. The maximum Gasteiger partial charge on any atom is 0.251 e. The number of hydrogen-bond acceptors (Lipinski definition) is 5. The third-order valence-electron chi connectivity index (χ3n) is 4.21. The van der Waals surface area contributed by atoms with Gasteiger partial charge < -0.3 is 24.6 Å². The van der Waals surface area contributed by atoms with Gasteiger partial charge >= 0.3 is 0 Å². The minimum atomic E-state index is -0.288. The summed E-state index contributed by atoms with van der Waals surface area (Å²) in [6.45, 7) is 6.50. The lowest BCUT2D eigenvalue weighted by molar-refractivity contribution is -0.131. The van der Waals surface area contributed by atoms with Crippen LogP contribution in [0.25, 0.3) is 0 Å². The zero-order valence-corrected chi connectivity index (χ0v) is 13.2. The van der Waals surface area contributed by atoms with Crippen molar-refractivity contribution in [2.24, 2.45) is 0 Å². The van der Waals surface area contributed by atoms with Crippen LogP contribution in [0.1, 0.15) is 17.3 Å². The molecule has 2 heterocycles. The molecule has 0 bridgehead atoms. The average molecular weight is 319 g/mol. The Morgan fingerprint density at radius 1 is 1.13 bits per heavy atom. The maximum absolute atomic E-state index is 12.2. The molecular weight excluding hydrogens is 298 g/mol. The quantitative estimate of drug-likeness (QED) is 0.865. The lowest BCUT2D eigenvalue weighted by Gasteiger charge is -2.34. The van der Waals surface area contributed by atoms with Gasteiger partial charge in [-0.25, -0.2) is 0 Å². The van der Waals surface area contributed by atoms with E-state index in [-0.39, 0.29) is 25.2 Å². The monoisotopic (exact) mass is 319 g/mol. The second-order valence-electron chi connectivity index (χ2n) is 5.57. The van der Waals surface area contributed by atoms with Crippen molar-refractivity contribution in [3.8, 4) is 11.5 Å². The SMILES string of the molecule is CCN1CCN(C(=O)CNC(=O)c2ccc3c(c2)OCO3)CC1. The van der Waals surface area contributed by atoms with Crippen molar-refractivity contribution < 1.29 is 19.1 Å². The van der Waals surface area contributed by atoms with E-state index in [1.807, 2.05) is 0 Å². The Morgan fingerprint density at radius 3 is 2.61 bits per heavy atom. The molecule has 1 saturated heterocycles. The van der Waals surface area contributed by atoms with Crippen LogP contribution in [-0.2, 0) is 4.79 Å². The summed E-state index contributed by atoms with van der Waals surface area (Å²) in [6.07, 6.45) is 0. The van der Waals surface area contributed by atoms with E-state index in [4.69, 9.17) is 9.47 Å². The third kappa shape index (κ3) is 3.56. The summed E-state index contributed by atoms with van der Waals surface area (Å²) in [7, 11) is 0. The predicted octanol–water partition coefficient (Wildman–Crippen LogP) is 0.309. The molecule has 0 spiro atoms. The molecule has 0 unspecified atom stereocenters. The Kier molecular flexibility index (Phi) is 4.66. The molecule has 7 nitrogen and oxygen atoms in total. The average Bonchev–Trinajstić information content (AvgIpc) is 3.07. The molecule has 0 saturated carbocycles. The summed E-state index contributed by atoms with van der Waals surface area (Å²) in [5.41, 5.74) is 0.456. The molecule has 124 valence electrons. The molecular formula is C16H21N3O4. The summed E-state index contributed by atoms with van der Waals surface area (Å²) in [5.74, 6) is 0.852. The van der Waals surface area contributed by atoms with Gasteiger partial charge in [-0.1, -0.05) is 6.92 Å². The highest BCUT2D eigenvalue weighted by molar-refractivity contribution is 5.97. The number of hydrogen-bond donors (Lipinski definition) is 1. The number of fused-ring (bicyclic) bond motifs is 1. The van der Waals surface area contributed by atoms with Gasteiger partial charge in [0.05, 0.1) is 6.54 Å². The van der Waals surface area contributed by atoms with Crippen LogP contribution in [0.4, 0.5) is 0 Å². The van der Waals surface area contributed by atoms with Crippen LogP contribution in [-0.4, -0.2) is 67.7 Å². The third-order valence-corrected chi connectivity index (χ3v) is 4.21. The number of nitrogens with one attached hydrogen (secondary N) is 1. The van der Waals surface area contributed by atoms with Crippen LogP contribution in [0.3, 0.4) is 0 Å². The molecule has 7 heteroatoms. The molecule has 3 rings (SSSR count). The molecule has 0 atom stereocenters. The number of carbonyl (C=O) groups excluding carboxylic acids is 2. The van der Waals surface area contributed by atoms with Crippen molar-refractivity contribution in [1.29, 1.82) is 0 Å². The number of nitrogens with zero attached hydrogens (tertiary/aromatic N) is 2. The highest BCUT2D eigenvalue weighted by atomic mass is 16.7. The molecule has 0 radical (unpaired) electrons. The van der Waals surface area contributed by atoms with Gasteiger partial charge in [0.1, 0.15) is 0 Å². The topological polar surface area (TPSA) is 71.1 Å². The van der Waals surface area contributed by atoms with E-state index >= 15 is 0 Å². The van der Waals surface area contributed by atoms with Crippen molar-refractivity contribution >= 4 is 11.8 Å². The van der Waals surface area contributed by atoms with Crippen LogP contribution in [0, 0.1) is 0 Å². The van der Waals surface area contributed by atoms with Crippen molar-refractivity contribution in [1.82, 2.24) is 15.1 Å². The summed E-state index contributed by atoms with van der Waals surface area (Å²) < 4.78 is 10.5. The smallest absolute Gasteiger partial charge is 0.251 e. The Labute approximate surface area is 135 Å². The first-order chi connectivity index (χ1) is 11.2. The molecule has 0 aromatic heterocycles. The largest absolute Gasteiger partial charge is 0.454 e. The van der Waals surface area contributed by atoms with Crippen LogP contribution in [0.5, 0.6) is 11.5 Å². The number of benzene rings is 1. The molecule has 1 aromatic rings. The van der Waals surface area contributed by atoms with E-state index in [0.717, 1.165) is 19.6 Å². The van der Waals surface area contributed by atoms with Gasteiger partial charge in [-0.3, -0.25) is 9.59 Å². The van der Waals surface area contributed by atoms with Crippen molar-refractivity contribution in [2.75, 3.05) is 46.1 Å². The van der Waals surface area contributed by atoms with E-state index in [1.54, 1.807) is 23.1 Å². The van der Waals surface area contributed by atoms with Gasteiger partial charge in [0.25, 0.3) is 5.91 Å². The maximum atomic E-state index is 12.2. The van der Waals surface area contributed by atoms with Crippen molar-refractivity contribution in [3.05, 3.63) is 23.8 Å². The standard InChI is InChI=1S/C16H21N3O4/c1-2-18-5-7-19(8-6-18)15(20)10-17-16(21)12-3-4-13-14(9-12)23-11-22-13/h3-4,9H,2,5-8,10-11H2,1H3,(H,17,21). The first-order valence-electron chi connectivity index (χ1n) is 7.85. The second-order valence-corrected chi connectivity index (χ2v) is 5.57. The number of amides is 2. The molecule has 23 heavy (non-hydrogen) atoms. The molecule has 1 N–H and O–H groups in total. The number of rotatable bonds is 4. The number of carbonyl (C=O) groups is 2. The van der Waals surface area contributed by atoms with E-state index in [0.29, 0.717) is 30.2 Å². The van der Waals surface area contributed by atoms with Crippen molar-refractivity contribution in [3.63, 3.8) is 0 Å². The molecule has 1 aromatic carbocycles. The molecule has 2 aliphatic rings. The first-order valence-corrected chi connectivity index (χ1v) is 7.85. The van der Waals surface area contributed by atoms with Crippen LogP contribution in [0.2, 0.25) is 0 Å². The fraction of sp³-hybridized carbons (Fsp3) is 0.500. The Hall–Kier alpha value is -2.28. The molecule has 2 aliphatic heterocycles. The van der Waals surface area contributed by atoms with Gasteiger partial charge in [0.15, 0.2) is 11.5 Å². The molecule has 2 amide bonds. The zero-order valence-electron chi connectivity index (χ0n) is 13.2.